The molecule has 0 amide bonds. The van der Waals surface area contributed by atoms with Crippen LogP contribution in [0.5, 0.6) is 0 Å². The van der Waals surface area contributed by atoms with Crippen LogP contribution in [0.25, 0.3) is 0 Å². The van der Waals surface area contributed by atoms with Crippen molar-refractivity contribution in [2.75, 3.05) is 0 Å². The molecule has 0 fully saturated rings. The predicted molar refractivity (Wildman–Crippen MR) is 65.4 cm³/mol. The van der Waals surface area contributed by atoms with Crippen LogP contribution >= 0.6 is 0 Å². The van der Waals surface area contributed by atoms with Gasteiger partial charge in [-0.15, -0.1) is 0 Å². The van der Waals surface area contributed by atoms with Crippen molar-refractivity contribution in [3.05, 3.63) is 35.4 Å². The molecule has 0 spiro atoms. The van der Waals surface area contributed by atoms with Gasteiger partial charge in [-0.05, 0) is 17.7 Å². The lowest BCUT2D eigenvalue weighted by atomic mass is 9.71. The van der Waals surface area contributed by atoms with Crippen LogP contribution in [0.1, 0.15) is 11.1 Å². The number of rotatable bonds is 4. The lowest BCUT2D eigenvalue weighted by Crippen LogP contribution is -2.71. The van der Waals surface area contributed by atoms with Gasteiger partial charge in [0.1, 0.15) is 0 Å². The predicted octanol–water partition coefficient (Wildman–Crippen LogP) is 6.04. The van der Waals surface area contributed by atoms with Gasteiger partial charge in [0.15, 0.2) is 0 Å². The highest BCUT2D eigenvalue weighted by atomic mass is 19.4. The van der Waals surface area contributed by atoms with Crippen LogP contribution in [0.3, 0.4) is 0 Å². The second-order valence-corrected chi connectivity index (χ2v) is 5.53. The molecule has 14 heteroatoms. The first-order valence-corrected chi connectivity index (χ1v) is 6.71. The summed E-state index contributed by atoms with van der Waals surface area (Å²) in [5.41, 5.74) is -8.42. The Hall–Kier alpha value is -2.20. The molecule has 0 unspecified atom stereocenters. The van der Waals surface area contributed by atoms with E-state index in [2.05, 4.69) is 0 Å². The molecular weight excluding hydrogens is 429 g/mol. The van der Waals surface area contributed by atoms with E-state index >= 15 is 0 Å². The zero-order chi connectivity index (χ0) is 22.4. The summed E-state index contributed by atoms with van der Waals surface area (Å²) in [6, 6.07) is 3.14. The van der Waals surface area contributed by atoms with E-state index in [-0.39, 0.29) is 5.56 Å². The standard InChI is InChI=1S/C14H6F13N/c15-10(16,11(17,18)14(25,26)27)9(12(19,20)21,13(22,23)24)5-7-1-3-8(6-28)4-2-7/h1-4H,5H2. The second kappa shape index (κ2) is 6.70. The van der Waals surface area contributed by atoms with E-state index in [9.17, 15) is 57.1 Å². The Balaban J connectivity index is 3.84. The van der Waals surface area contributed by atoms with Gasteiger partial charge in [0.05, 0.1) is 11.6 Å². The van der Waals surface area contributed by atoms with Gasteiger partial charge in [-0.1, -0.05) is 12.1 Å². The van der Waals surface area contributed by atoms with Gasteiger partial charge in [-0.3, -0.25) is 0 Å². The Morgan fingerprint density at radius 1 is 0.607 bits per heavy atom. The third kappa shape index (κ3) is 3.46. The highest BCUT2D eigenvalue weighted by Crippen LogP contribution is 2.66. The molecule has 0 heterocycles. The van der Waals surface area contributed by atoms with Crippen molar-refractivity contribution in [1.82, 2.24) is 0 Å². The fourth-order valence-corrected chi connectivity index (χ4v) is 2.28. The van der Waals surface area contributed by atoms with E-state index in [1.807, 2.05) is 0 Å². The van der Waals surface area contributed by atoms with Crippen molar-refractivity contribution in [2.24, 2.45) is 5.41 Å². The Kier molecular flexibility index (Phi) is 5.70. The maximum Gasteiger partial charge on any atom is 0.459 e. The normalized spacial score (nSPS) is 14.7. The highest BCUT2D eigenvalue weighted by molar-refractivity contribution is 5.33. The number of hydrogen-bond acceptors (Lipinski definition) is 1. The first-order valence-electron chi connectivity index (χ1n) is 6.71. The van der Waals surface area contributed by atoms with E-state index < -0.39 is 47.8 Å². The van der Waals surface area contributed by atoms with Crippen LogP contribution in [-0.2, 0) is 6.42 Å². The van der Waals surface area contributed by atoms with Gasteiger partial charge < -0.3 is 0 Å². The molecule has 0 aromatic heterocycles. The molecule has 0 aliphatic carbocycles. The minimum Gasteiger partial charge on any atom is -0.198 e. The van der Waals surface area contributed by atoms with Gasteiger partial charge in [0.25, 0.3) is 0 Å². The summed E-state index contributed by atoms with van der Waals surface area (Å²) in [4.78, 5) is 0. The van der Waals surface area contributed by atoms with E-state index in [1.165, 1.54) is 6.07 Å². The molecule has 28 heavy (non-hydrogen) atoms. The average Bonchev–Trinajstić information content (AvgIpc) is 2.49. The van der Waals surface area contributed by atoms with Crippen LogP contribution < -0.4 is 0 Å². The third-order valence-corrected chi connectivity index (χ3v) is 3.81. The van der Waals surface area contributed by atoms with Crippen LogP contribution in [0.4, 0.5) is 57.1 Å². The number of nitrogens with zero attached hydrogens (tertiary/aromatic N) is 1. The van der Waals surface area contributed by atoms with Crippen molar-refractivity contribution in [3.8, 4) is 6.07 Å². The molecule has 0 bridgehead atoms. The number of halogens is 13. The highest BCUT2D eigenvalue weighted by Gasteiger charge is 2.91. The SMILES string of the molecule is N#Cc1ccc(CC(C(F)(F)F)(C(F)(F)F)C(F)(F)C(F)(F)C(F)(F)F)cc1. The molecule has 0 aliphatic rings. The van der Waals surface area contributed by atoms with Gasteiger partial charge in [0.2, 0.25) is 5.41 Å². The Bertz CT molecular complexity index is 717. The van der Waals surface area contributed by atoms with Crippen molar-refractivity contribution in [2.45, 2.75) is 36.8 Å². The minimum atomic E-state index is -7.67. The molecule has 1 nitrogen and oxygen atoms in total. The summed E-state index contributed by atoms with van der Waals surface area (Å²) >= 11 is 0. The first-order chi connectivity index (χ1) is 12.3. The summed E-state index contributed by atoms with van der Waals surface area (Å²) in [7, 11) is 0. The van der Waals surface area contributed by atoms with E-state index in [1.54, 1.807) is 0 Å². The summed E-state index contributed by atoms with van der Waals surface area (Å²) in [5.74, 6) is -15.3. The molecular formula is C14H6F13N. The lowest BCUT2D eigenvalue weighted by molar-refractivity contribution is -0.460. The first kappa shape index (κ1) is 23.8. The van der Waals surface area contributed by atoms with Crippen LogP contribution in [0.2, 0.25) is 0 Å². The molecule has 0 saturated heterocycles. The molecule has 158 valence electrons. The van der Waals surface area contributed by atoms with E-state index in [4.69, 9.17) is 5.26 Å². The molecule has 0 aliphatic heterocycles. The molecule has 1 aromatic carbocycles. The Morgan fingerprint density at radius 3 is 1.29 bits per heavy atom. The monoisotopic (exact) mass is 435 g/mol. The maximum absolute atomic E-state index is 13.9. The van der Waals surface area contributed by atoms with Crippen molar-refractivity contribution >= 4 is 0 Å². The van der Waals surface area contributed by atoms with Gasteiger partial charge >= 0.3 is 30.4 Å². The average molecular weight is 435 g/mol. The van der Waals surface area contributed by atoms with Crippen LogP contribution in [-0.4, -0.2) is 30.4 Å². The summed E-state index contributed by atoms with van der Waals surface area (Å²) in [6.07, 6.45) is -24.9. The summed E-state index contributed by atoms with van der Waals surface area (Å²) in [5, 5.41) is 8.49. The van der Waals surface area contributed by atoms with Crippen LogP contribution in [0, 0.1) is 16.7 Å². The quantitative estimate of drug-likeness (QED) is 0.529. The minimum absolute atomic E-state index is 0.298. The fraction of sp³-hybridized carbons (Fsp3) is 0.500. The number of alkyl halides is 13. The number of nitriles is 1. The Labute approximate surface area is 147 Å². The molecule has 1 rings (SSSR count). The smallest absolute Gasteiger partial charge is 0.198 e. The lowest BCUT2D eigenvalue weighted by Gasteiger charge is -2.45. The molecule has 1 aromatic rings. The van der Waals surface area contributed by atoms with E-state index in [0.717, 1.165) is 0 Å². The summed E-state index contributed by atoms with van der Waals surface area (Å²) in [6.45, 7) is 0. The number of hydrogen-bond donors (Lipinski definition) is 0. The topological polar surface area (TPSA) is 23.8 Å². The van der Waals surface area contributed by atoms with Crippen molar-refractivity contribution < 1.29 is 57.1 Å². The number of benzene rings is 1. The maximum atomic E-state index is 13.9. The third-order valence-electron chi connectivity index (χ3n) is 3.81. The van der Waals surface area contributed by atoms with Crippen molar-refractivity contribution in [3.63, 3.8) is 0 Å². The van der Waals surface area contributed by atoms with Gasteiger partial charge in [-0.25, -0.2) is 0 Å². The van der Waals surface area contributed by atoms with E-state index in [0.29, 0.717) is 24.3 Å². The zero-order valence-corrected chi connectivity index (χ0v) is 12.9. The van der Waals surface area contributed by atoms with Crippen molar-refractivity contribution in [1.29, 1.82) is 5.26 Å². The molecule has 0 saturated carbocycles. The molecule has 0 N–H and O–H groups in total. The summed E-state index contributed by atoms with van der Waals surface area (Å²) < 4.78 is 170. The Morgan fingerprint density at radius 2 is 1.00 bits per heavy atom. The molecule has 0 radical (unpaired) electrons. The largest absolute Gasteiger partial charge is 0.459 e. The second-order valence-electron chi connectivity index (χ2n) is 5.53. The van der Waals surface area contributed by atoms with Gasteiger partial charge in [-0.2, -0.15) is 62.3 Å². The van der Waals surface area contributed by atoms with Crippen LogP contribution in [0.15, 0.2) is 24.3 Å². The molecule has 0 atom stereocenters. The fourth-order valence-electron chi connectivity index (χ4n) is 2.28. The zero-order valence-electron chi connectivity index (χ0n) is 12.9. The van der Waals surface area contributed by atoms with Gasteiger partial charge in [0, 0.05) is 6.42 Å².